The number of pyridine rings is 1. The fraction of sp³-hybridized carbons (Fsp3) is 0.553. The van der Waals surface area contributed by atoms with Crippen LogP contribution < -0.4 is 15.6 Å². The van der Waals surface area contributed by atoms with Crippen LogP contribution in [0.2, 0.25) is 0 Å². The smallest absolute Gasteiger partial charge is 0.237 e. The predicted molar refractivity (Wildman–Crippen MR) is 189 cm³/mol. The number of rotatable bonds is 8. The number of nitrogens with zero attached hydrogens (tertiary/aromatic N) is 7. The first-order valence-electron chi connectivity index (χ1n) is 18.4. The van der Waals surface area contributed by atoms with Crippen molar-refractivity contribution in [3.63, 3.8) is 0 Å². The molecular formula is C38H49N9O3. The maximum atomic E-state index is 14.1. The van der Waals surface area contributed by atoms with Crippen LogP contribution in [0, 0.1) is 11.3 Å². The van der Waals surface area contributed by atoms with E-state index in [9.17, 15) is 9.59 Å². The lowest BCUT2D eigenvalue weighted by atomic mass is 9.77. The summed E-state index contributed by atoms with van der Waals surface area (Å²) in [6.45, 7) is 8.02. The quantitative estimate of drug-likeness (QED) is 0.368. The van der Waals surface area contributed by atoms with Gasteiger partial charge in [0.1, 0.15) is 5.69 Å². The number of ether oxygens (including phenoxy) is 1. The molecule has 0 bridgehead atoms. The van der Waals surface area contributed by atoms with Crippen molar-refractivity contribution in [3.05, 3.63) is 66.0 Å². The minimum Gasteiger partial charge on any atom is -0.475 e. The number of benzene rings is 1. The van der Waals surface area contributed by atoms with Crippen LogP contribution in [0.1, 0.15) is 69.5 Å². The first-order valence-corrected chi connectivity index (χ1v) is 18.4. The Kier molecular flexibility index (Phi) is 8.94. The van der Waals surface area contributed by atoms with Crippen molar-refractivity contribution < 1.29 is 14.3 Å². The van der Waals surface area contributed by atoms with Gasteiger partial charge in [0.15, 0.2) is 0 Å². The number of aryl methyl sites for hydroxylation is 1. The third-order valence-corrected chi connectivity index (χ3v) is 11.7. The second-order valence-electron chi connectivity index (χ2n) is 15.3. The third kappa shape index (κ3) is 6.44. The van der Waals surface area contributed by atoms with Crippen molar-refractivity contribution in [2.75, 3.05) is 39.3 Å². The number of hydrazine groups is 1. The third-order valence-electron chi connectivity index (χ3n) is 11.7. The summed E-state index contributed by atoms with van der Waals surface area (Å²) in [7, 11) is 1.87. The van der Waals surface area contributed by atoms with Gasteiger partial charge in [0.2, 0.25) is 17.7 Å². The molecule has 5 aliphatic rings. The van der Waals surface area contributed by atoms with Crippen LogP contribution in [0.15, 0.2) is 54.9 Å². The van der Waals surface area contributed by atoms with Crippen LogP contribution in [-0.2, 0) is 16.6 Å². The molecule has 1 aliphatic carbocycles. The van der Waals surface area contributed by atoms with Gasteiger partial charge in [-0.1, -0.05) is 41.6 Å². The number of carbonyl (C=O) groups is 2. The van der Waals surface area contributed by atoms with E-state index in [2.05, 4.69) is 72.4 Å². The molecule has 2 N–H and O–H groups in total. The zero-order valence-electron chi connectivity index (χ0n) is 29.4. The number of hydrogen-bond acceptors (Lipinski definition) is 9. The minimum absolute atomic E-state index is 0.0881. The lowest BCUT2D eigenvalue weighted by Crippen LogP contribution is -2.47. The van der Waals surface area contributed by atoms with E-state index in [0.717, 1.165) is 68.4 Å². The van der Waals surface area contributed by atoms with Crippen LogP contribution in [-0.4, -0.2) is 104 Å². The Morgan fingerprint density at radius 2 is 1.86 bits per heavy atom. The van der Waals surface area contributed by atoms with Gasteiger partial charge >= 0.3 is 0 Å². The first kappa shape index (κ1) is 33.0. The highest BCUT2D eigenvalue weighted by Crippen LogP contribution is 2.45. The summed E-state index contributed by atoms with van der Waals surface area (Å²) in [6.07, 6.45) is 11.7. The van der Waals surface area contributed by atoms with E-state index >= 15 is 0 Å². The molecule has 12 nitrogen and oxygen atoms in total. The molecule has 1 aromatic carbocycles. The van der Waals surface area contributed by atoms with Gasteiger partial charge in [-0.15, -0.1) is 5.10 Å². The summed E-state index contributed by atoms with van der Waals surface area (Å²) in [5, 5.41) is 8.23. The van der Waals surface area contributed by atoms with E-state index in [1.54, 1.807) is 4.68 Å². The predicted octanol–water partition coefficient (Wildman–Crippen LogP) is 3.59. The molecule has 50 heavy (non-hydrogen) atoms. The summed E-state index contributed by atoms with van der Waals surface area (Å²) >= 11 is 0. The molecule has 2 amide bonds. The van der Waals surface area contributed by atoms with Crippen LogP contribution >= 0.6 is 0 Å². The highest BCUT2D eigenvalue weighted by atomic mass is 16.5. The molecule has 8 rings (SSSR count). The Morgan fingerprint density at radius 1 is 1.04 bits per heavy atom. The zero-order chi connectivity index (χ0) is 34.4. The Hall–Kier alpha value is -4.13. The molecule has 4 unspecified atom stereocenters. The molecular weight excluding hydrogens is 630 g/mol. The number of aromatic nitrogens is 4. The Balaban J connectivity index is 0.840. The summed E-state index contributed by atoms with van der Waals surface area (Å²) in [4.78, 5) is 38.5. The molecule has 1 spiro atoms. The van der Waals surface area contributed by atoms with E-state index in [0.29, 0.717) is 49.9 Å². The monoisotopic (exact) mass is 679 g/mol. The zero-order valence-corrected chi connectivity index (χ0v) is 29.4. The number of carbonyl (C=O) groups excluding carboxylic acids is 2. The standard InChI is InChI=1S/C38H49N9O3/c1-25(2)50-34-11-8-29(21-39-34)36-31-20-30(9-10-32(31)40-42-36)47-19-15-38(37(47)49)14-18-45(24-38)23-35(48)46-16-12-27(13-17-46)26-4-6-28(7-5-26)33-22-44(3)43-41-33/h4-8,11-12,21-22,25,30-32,36,40,42H,9-10,13-20,23-24H2,1-3H3/t30?,31?,32?,36?,38-/m0/s1. The fourth-order valence-corrected chi connectivity index (χ4v) is 8.99. The van der Waals surface area contributed by atoms with Crippen molar-refractivity contribution in [2.24, 2.45) is 18.4 Å². The SMILES string of the molecule is CC(C)Oc1ccc(C2NNC3CCC(N4CC[C@]5(CCN(CC(=O)N6CC=C(c7ccc(-c8cn(C)nn8)cc7)CC6)C5)C4=O)CC32)cn1. The summed E-state index contributed by atoms with van der Waals surface area (Å²) in [5.41, 5.74) is 12.2. The van der Waals surface area contributed by atoms with Crippen LogP contribution in [0.4, 0.5) is 0 Å². The molecule has 4 aliphatic heterocycles. The van der Waals surface area contributed by atoms with Crippen LogP contribution in [0.25, 0.3) is 16.8 Å². The van der Waals surface area contributed by atoms with Gasteiger partial charge in [0.25, 0.3) is 0 Å². The van der Waals surface area contributed by atoms with E-state index in [-0.39, 0.29) is 29.5 Å². The van der Waals surface area contributed by atoms with Crippen LogP contribution in [0.3, 0.4) is 0 Å². The average molecular weight is 680 g/mol. The van der Waals surface area contributed by atoms with Crippen molar-refractivity contribution in [3.8, 4) is 17.1 Å². The van der Waals surface area contributed by atoms with E-state index in [1.807, 2.05) is 44.3 Å². The van der Waals surface area contributed by atoms with Gasteiger partial charge in [-0.05, 0) is 81.5 Å². The normalized spacial score (nSPS) is 28.5. The van der Waals surface area contributed by atoms with Gasteiger partial charge in [-0.3, -0.25) is 24.6 Å². The fourth-order valence-electron chi connectivity index (χ4n) is 8.99. The highest BCUT2D eigenvalue weighted by Gasteiger charge is 2.53. The number of hydrogen-bond donors (Lipinski definition) is 2. The largest absolute Gasteiger partial charge is 0.475 e. The molecule has 12 heteroatoms. The van der Waals surface area contributed by atoms with E-state index in [1.165, 1.54) is 11.1 Å². The Bertz CT molecular complexity index is 1740. The molecule has 5 atom stereocenters. The molecule has 1 saturated carbocycles. The lowest BCUT2D eigenvalue weighted by molar-refractivity contribution is -0.139. The van der Waals surface area contributed by atoms with Crippen molar-refractivity contribution in [1.29, 1.82) is 0 Å². The molecule has 6 heterocycles. The number of nitrogens with one attached hydrogen (secondary N) is 2. The van der Waals surface area contributed by atoms with E-state index < -0.39 is 0 Å². The summed E-state index contributed by atoms with van der Waals surface area (Å²) in [5.74, 6) is 1.49. The molecule has 2 aromatic heterocycles. The Labute approximate surface area is 294 Å². The minimum atomic E-state index is -0.356. The molecule has 3 aromatic rings. The molecule has 264 valence electrons. The van der Waals surface area contributed by atoms with Gasteiger partial charge in [0, 0.05) is 63.1 Å². The second kappa shape index (κ2) is 13.5. The molecule has 3 saturated heterocycles. The number of amides is 2. The van der Waals surface area contributed by atoms with Gasteiger partial charge in [-0.2, -0.15) is 0 Å². The number of fused-ring (bicyclic) bond motifs is 1. The maximum Gasteiger partial charge on any atom is 0.237 e. The Morgan fingerprint density at radius 3 is 2.58 bits per heavy atom. The van der Waals surface area contributed by atoms with E-state index in [4.69, 9.17) is 4.74 Å². The lowest BCUT2D eigenvalue weighted by Gasteiger charge is -2.38. The summed E-state index contributed by atoms with van der Waals surface area (Å²) in [6, 6.07) is 13.3. The first-order chi connectivity index (χ1) is 24.2. The van der Waals surface area contributed by atoms with Gasteiger partial charge in [-0.25, -0.2) is 10.4 Å². The topological polar surface area (TPSA) is 121 Å². The highest BCUT2D eigenvalue weighted by molar-refractivity contribution is 5.86. The van der Waals surface area contributed by atoms with Crippen molar-refractivity contribution >= 4 is 17.4 Å². The molecule has 0 radical (unpaired) electrons. The van der Waals surface area contributed by atoms with Crippen molar-refractivity contribution in [2.45, 2.75) is 76.6 Å². The van der Waals surface area contributed by atoms with Crippen LogP contribution in [0.5, 0.6) is 5.88 Å². The van der Waals surface area contributed by atoms with Gasteiger partial charge in [0.05, 0.1) is 30.3 Å². The maximum absolute atomic E-state index is 14.1. The summed E-state index contributed by atoms with van der Waals surface area (Å²) < 4.78 is 7.46. The van der Waals surface area contributed by atoms with Crippen molar-refractivity contribution in [1.82, 2.24) is 45.5 Å². The van der Waals surface area contributed by atoms with Gasteiger partial charge < -0.3 is 14.5 Å². The molecule has 4 fully saturated rings. The number of likely N-dealkylation sites (tertiary alicyclic amines) is 2. The average Bonchev–Trinajstić information content (AvgIpc) is 3.92. The second-order valence-corrected chi connectivity index (χ2v) is 15.3.